The van der Waals surface area contributed by atoms with E-state index in [-0.39, 0.29) is 17.9 Å². The lowest BCUT2D eigenvalue weighted by atomic mass is 9.78. The van der Waals surface area contributed by atoms with Gasteiger partial charge in [0.1, 0.15) is 11.6 Å². The molecule has 2 amide bonds. The molecular weight excluding hydrogens is 413 g/mol. The van der Waals surface area contributed by atoms with Crippen molar-refractivity contribution >= 4 is 24.3 Å². The molecule has 0 N–H and O–H groups in total. The van der Waals surface area contributed by atoms with Gasteiger partial charge in [-0.1, -0.05) is 32.0 Å². The lowest BCUT2D eigenvalue weighted by Gasteiger charge is -2.32. The van der Waals surface area contributed by atoms with Gasteiger partial charge in [-0.25, -0.2) is 13.6 Å². The molecule has 0 bridgehead atoms. The molecule has 8 heteroatoms. The molecule has 2 aromatic carbocycles. The Morgan fingerprint density at radius 1 is 0.969 bits per heavy atom. The summed E-state index contributed by atoms with van der Waals surface area (Å²) in [7, 11) is 0.874. The van der Waals surface area contributed by atoms with E-state index in [0.29, 0.717) is 17.7 Å². The van der Waals surface area contributed by atoms with E-state index in [1.165, 1.54) is 23.1 Å². The Bertz CT molecular complexity index is 966. The van der Waals surface area contributed by atoms with Crippen LogP contribution in [0.15, 0.2) is 42.5 Å². The Morgan fingerprint density at radius 3 is 2.06 bits per heavy atom. The first-order valence-electron chi connectivity index (χ1n) is 10.9. The van der Waals surface area contributed by atoms with E-state index < -0.39 is 24.1 Å². The maximum Gasteiger partial charge on any atom is 0.497 e. The summed E-state index contributed by atoms with van der Waals surface area (Å²) in [5.74, 6) is -0.824. The quantitative estimate of drug-likeness (QED) is 0.633. The van der Waals surface area contributed by atoms with Crippen LogP contribution in [0.25, 0.3) is 0 Å². The number of urea groups is 1. The fraction of sp³-hybridized carbons (Fsp3) is 0.458. The van der Waals surface area contributed by atoms with Crippen molar-refractivity contribution in [3.05, 3.63) is 59.7 Å². The van der Waals surface area contributed by atoms with Crippen LogP contribution in [0.1, 0.15) is 53.1 Å². The zero-order valence-corrected chi connectivity index (χ0v) is 19.8. The minimum Gasteiger partial charge on any atom is -0.399 e. The van der Waals surface area contributed by atoms with Crippen LogP contribution in [-0.2, 0) is 9.31 Å². The van der Waals surface area contributed by atoms with Gasteiger partial charge in [0, 0.05) is 18.2 Å². The highest BCUT2D eigenvalue weighted by Crippen LogP contribution is 2.37. The van der Waals surface area contributed by atoms with Gasteiger partial charge in [0.05, 0.1) is 23.8 Å². The highest BCUT2D eigenvalue weighted by atomic mass is 19.1. The normalized spacial score (nSPS) is 21.6. The maximum atomic E-state index is 15.0. The molecule has 0 saturated carbocycles. The molecule has 32 heavy (non-hydrogen) atoms. The second-order valence-corrected chi connectivity index (χ2v) is 8.87. The van der Waals surface area contributed by atoms with Crippen LogP contribution in [0, 0.1) is 11.6 Å². The van der Waals surface area contributed by atoms with E-state index in [2.05, 4.69) is 0 Å². The van der Waals surface area contributed by atoms with E-state index >= 15 is 0 Å². The predicted octanol–water partition coefficient (Wildman–Crippen LogP) is 4.90. The SMILES string of the molecule is CC.CN1C(=O)N(c2ccc(B3OC(C)(C)C(C)(C)O3)c(F)c2)CC1c1ccc(F)cc1. The number of hydrogen-bond acceptors (Lipinski definition) is 3. The number of carbonyl (C=O) groups is 1. The van der Waals surface area contributed by atoms with Gasteiger partial charge in [-0.15, -0.1) is 0 Å². The molecule has 2 heterocycles. The third-order valence-corrected chi connectivity index (χ3v) is 6.41. The minimum absolute atomic E-state index is 0.243. The summed E-state index contributed by atoms with van der Waals surface area (Å²) in [4.78, 5) is 15.9. The number of anilines is 1. The summed E-state index contributed by atoms with van der Waals surface area (Å²) in [6.45, 7) is 12.0. The average Bonchev–Trinajstić information content (AvgIpc) is 3.15. The van der Waals surface area contributed by atoms with Gasteiger partial charge in [0.15, 0.2) is 0 Å². The number of nitrogens with zero attached hydrogens (tertiary/aromatic N) is 2. The molecule has 2 aliphatic rings. The van der Waals surface area contributed by atoms with Crippen LogP contribution in [0.5, 0.6) is 0 Å². The van der Waals surface area contributed by atoms with Gasteiger partial charge in [-0.2, -0.15) is 0 Å². The Kier molecular flexibility index (Phi) is 6.68. The van der Waals surface area contributed by atoms with Gasteiger partial charge in [-0.3, -0.25) is 4.90 Å². The Labute approximate surface area is 189 Å². The number of halogens is 2. The molecule has 2 saturated heterocycles. The second-order valence-electron chi connectivity index (χ2n) is 8.87. The van der Waals surface area contributed by atoms with Crippen molar-refractivity contribution in [3.8, 4) is 0 Å². The van der Waals surface area contributed by atoms with Crippen LogP contribution in [0.3, 0.4) is 0 Å². The van der Waals surface area contributed by atoms with Crippen LogP contribution in [-0.4, -0.2) is 42.8 Å². The van der Waals surface area contributed by atoms with Crippen LogP contribution >= 0.6 is 0 Å². The standard InChI is InChI=1S/C22H25BF2N2O3.C2H6/c1-21(2)22(3,4)30-23(29-21)17-11-10-16(12-18(17)25)27-13-19(26(5)20(27)28)14-6-8-15(24)9-7-14;1-2/h6-12,19H,13H2,1-5H3;1-2H3. The number of hydrogen-bond donors (Lipinski definition) is 0. The van der Waals surface area contributed by atoms with E-state index in [1.54, 1.807) is 36.2 Å². The second kappa shape index (κ2) is 8.83. The van der Waals surface area contributed by atoms with Crippen LogP contribution in [0.2, 0.25) is 0 Å². The van der Waals surface area contributed by atoms with Crippen LogP contribution in [0.4, 0.5) is 19.3 Å². The smallest absolute Gasteiger partial charge is 0.399 e. The van der Waals surface area contributed by atoms with Crippen molar-refractivity contribution in [2.75, 3.05) is 18.5 Å². The monoisotopic (exact) mass is 444 g/mol. The number of likely N-dealkylation sites (N-methyl/N-ethyl adjacent to an activating group) is 1. The number of amides is 2. The molecule has 1 unspecified atom stereocenters. The van der Waals surface area contributed by atoms with E-state index in [4.69, 9.17) is 9.31 Å². The summed E-state index contributed by atoms with van der Waals surface area (Å²) in [6.07, 6.45) is 0. The topological polar surface area (TPSA) is 42.0 Å². The molecule has 0 aromatic heterocycles. The first-order valence-corrected chi connectivity index (χ1v) is 10.9. The molecule has 0 radical (unpaired) electrons. The summed E-state index contributed by atoms with van der Waals surface area (Å²) >= 11 is 0. The average molecular weight is 444 g/mol. The molecule has 2 fully saturated rings. The summed E-state index contributed by atoms with van der Waals surface area (Å²) < 4.78 is 40.1. The van der Waals surface area contributed by atoms with E-state index in [9.17, 15) is 13.6 Å². The van der Waals surface area contributed by atoms with Gasteiger partial charge in [0.25, 0.3) is 0 Å². The first-order chi connectivity index (χ1) is 15.0. The fourth-order valence-corrected chi connectivity index (χ4v) is 3.77. The predicted molar refractivity (Wildman–Crippen MR) is 123 cm³/mol. The zero-order chi connectivity index (χ0) is 23.8. The van der Waals surface area contributed by atoms with Crippen molar-refractivity contribution in [2.45, 2.75) is 58.8 Å². The van der Waals surface area contributed by atoms with Crippen molar-refractivity contribution in [1.82, 2.24) is 4.90 Å². The molecule has 5 nitrogen and oxygen atoms in total. The molecule has 4 rings (SSSR count). The van der Waals surface area contributed by atoms with Crippen molar-refractivity contribution in [1.29, 1.82) is 0 Å². The number of benzene rings is 2. The highest BCUT2D eigenvalue weighted by molar-refractivity contribution is 6.62. The van der Waals surface area contributed by atoms with E-state index in [0.717, 1.165) is 5.56 Å². The molecule has 2 aliphatic heterocycles. The van der Waals surface area contributed by atoms with Crippen LogP contribution < -0.4 is 10.4 Å². The summed E-state index contributed by atoms with van der Waals surface area (Å²) in [5, 5.41) is 0. The highest BCUT2D eigenvalue weighted by Gasteiger charge is 2.52. The third kappa shape index (κ3) is 4.26. The van der Waals surface area contributed by atoms with Gasteiger partial charge < -0.3 is 14.2 Å². The fourth-order valence-electron chi connectivity index (χ4n) is 3.77. The van der Waals surface area contributed by atoms with Crippen molar-refractivity contribution in [2.24, 2.45) is 0 Å². The summed E-state index contributed by atoms with van der Waals surface area (Å²) in [5.41, 5.74) is 0.433. The van der Waals surface area contributed by atoms with Gasteiger partial charge in [-0.05, 0) is 57.5 Å². The molecule has 172 valence electrons. The number of rotatable bonds is 3. The van der Waals surface area contributed by atoms with Crippen molar-refractivity contribution in [3.63, 3.8) is 0 Å². The summed E-state index contributed by atoms with van der Waals surface area (Å²) in [6, 6.07) is 10.2. The Hall–Kier alpha value is -2.45. The zero-order valence-electron chi connectivity index (χ0n) is 19.8. The van der Waals surface area contributed by atoms with Gasteiger partial charge >= 0.3 is 13.1 Å². The maximum absolute atomic E-state index is 15.0. The minimum atomic E-state index is -0.812. The lowest BCUT2D eigenvalue weighted by molar-refractivity contribution is 0.00578. The van der Waals surface area contributed by atoms with Gasteiger partial charge in [0.2, 0.25) is 0 Å². The molecule has 2 aromatic rings. The largest absolute Gasteiger partial charge is 0.497 e. The molecule has 1 atom stereocenters. The Balaban J connectivity index is 0.00000141. The molecule has 0 aliphatic carbocycles. The molecule has 0 spiro atoms. The lowest BCUT2D eigenvalue weighted by Crippen LogP contribution is -2.41. The first kappa shape index (κ1) is 24.2. The molecular formula is C24H31BF2N2O3. The van der Waals surface area contributed by atoms with E-state index in [1.807, 2.05) is 41.5 Å². The van der Waals surface area contributed by atoms with Crippen molar-refractivity contribution < 1.29 is 22.9 Å². The third-order valence-electron chi connectivity index (χ3n) is 6.41. The Morgan fingerprint density at radius 2 is 1.53 bits per heavy atom. The number of carbonyl (C=O) groups excluding carboxylic acids is 1.